The highest BCUT2D eigenvalue weighted by Gasteiger charge is 2.35. The third-order valence-corrected chi connectivity index (χ3v) is 5.43. The van der Waals surface area contributed by atoms with Gasteiger partial charge in [0.2, 0.25) is 0 Å². The van der Waals surface area contributed by atoms with Crippen LogP contribution in [0.4, 0.5) is 0 Å². The number of Topliss-reactive ketones (excluding diaryl/α,β-unsaturated/α-hetero) is 1. The van der Waals surface area contributed by atoms with E-state index in [-0.39, 0.29) is 35.4 Å². The molecule has 0 N–H and O–H groups in total. The minimum Gasteiger partial charge on any atom is -0.497 e. The summed E-state index contributed by atoms with van der Waals surface area (Å²) in [4.78, 5) is 25.2. The maximum atomic E-state index is 12.7. The molecular weight excluding hydrogens is 383 g/mol. The SMILES string of the molecule is COc1ccc(C(=O)CC[P+](=O)C(=O)c2c(OC)cccc2OC)c(OC)c1. The summed E-state index contributed by atoms with van der Waals surface area (Å²) in [5.41, 5.74) is -0.157. The van der Waals surface area contributed by atoms with Crippen molar-refractivity contribution >= 4 is 19.1 Å². The van der Waals surface area contributed by atoms with Crippen LogP contribution in [0.2, 0.25) is 0 Å². The second-order valence-corrected chi connectivity index (χ2v) is 7.29. The number of ketones is 1. The van der Waals surface area contributed by atoms with Crippen LogP contribution in [0.5, 0.6) is 23.0 Å². The van der Waals surface area contributed by atoms with E-state index in [1.54, 1.807) is 36.4 Å². The van der Waals surface area contributed by atoms with E-state index in [1.165, 1.54) is 28.4 Å². The summed E-state index contributed by atoms with van der Waals surface area (Å²) in [5.74, 6) is 1.18. The normalized spacial score (nSPS) is 10.8. The van der Waals surface area contributed by atoms with Gasteiger partial charge in [-0.1, -0.05) is 10.6 Å². The van der Waals surface area contributed by atoms with Crippen molar-refractivity contribution in [2.45, 2.75) is 6.42 Å². The fourth-order valence-corrected chi connectivity index (χ4v) is 3.73. The first kappa shape index (κ1) is 21.4. The van der Waals surface area contributed by atoms with Crippen molar-refractivity contribution in [1.29, 1.82) is 0 Å². The molecule has 148 valence electrons. The van der Waals surface area contributed by atoms with Crippen LogP contribution in [0.1, 0.15) is 27.1 Å². The van der Waals surface area contributed by atoms with Gasteiger partial charge in [-0.3, -0.25) is 4.79 Å². The Morgan fingerprint density at radius 3 is 2.00 bits per heavy atom. The Morgan fingerprint density at radius 1 is 0.857 bits per heavy atom. The molecule has 0 saturated carbocycles. The number of hydrogen-bond donors (Lipinski definition) is 0. The Kier molecular flexibility index (Phi) is 7.52. The van der Waals surface area contributed by atoms with E-state index in [4.69, 9.17) is 18.9 Å². The van der Waals surface area contributed by atoms with Crippen molar-refractivity contribution in [2.75, 3.05) is 34.6 Å². The molecule has 0 radical (unpaired) electrons. The van der Waals surface area contributed by atoms with Gasteiger partial charge in [0.05, 0.1) is 40.4 Å². The molecule has 0 aromatic heterocycles. The highest BCUT2D eigenvalue weighted by molar-refractivity contribution is 7.64. The lowest BCUT2D eigenvalue weighted by atomic mass is 10.1. The molecule has 0 heterocycles. The molecule has 1 unspecified atom stereocenters. The zero-order valence-electron chi connectivity index (χ0n) is 16.2. The van der Waals surface area contributed by atoms with Crippen LogP contribution in [-0.4, -0.2) is 45.9 Å². The van der Waals surface area contributed by atoms with Gasteiger partial charge >= 0.3 is 13.3 Å². The Labute approximate surface area is 164 Å². The number of carbonyl (C=O) groups excluding carboxylic acids is 2. The van der Waals surface area contributed by atoms with Gasteiger partial charge in [-0.2, -0.15) is 0 Å². The van der Waals surface area contributed by atoms with E-state index in [0.717, 1.165) is 0 Å². The van der Waals surface area contributed by atoms with Crippen LogP contribution in [0.3, 0.4) is 0 Å². The van der Waals surface area contributed by atoms with Crippen molar-refractivity contribution in [1.82, 2.24) is 0 Å². The fraction of sp³-hybridized carbons (Fsp3) is 0.300. The van der Waals surface area contributed by atoms with Crippen LogP contribution in [0.25, 0.3) is 0 Å². The van der Waals surface area contributed by atoms with Crippen LogP contribution >= 0.6 is 7.80 Å². The molecule has 0 aliphatic carbocycles. The number of methoxy groups -OCH3 is 4. The van der Waals surface area contributed by atoms with E-state index < -0.39 is 13.3 Å². The van der Waals surface area contributed by atoms with Gasteiger partial charge in [0, 0.05) is 6.07 Å². The van der Waals surface area contributed by atoms with Crippen LogP contribution in [0, 0.1) is 0 Å². The number of hydrogen-bond acceptors (Lipinski definition) is 7. The molecular formula is C20H22O7P+. The molecule has 1 atom stereocenters. The summed E-state index contributed by atoms with van der Waals surface area (Å²) in [6.07, 6.45) is -0.162. The Bertz CT molecular complexity index is 870. The van der Waals surface area contributed by atoms with Crippen molar-refractivity contribution in [3.63, 3.8) is 0 Å². The summed E-state index contributed by atoms with van der Waals surface area (Å²) in [5, 5.41) is 0. The molecule has 0 spiro atoms. The molecule has 0 bridgehead atoms. The number of carbonyl (C=O) groups is 2. The molecule has 0 fully saturated rings. The van der Waals surface area contributed by atoms with Crippen molar-refractivity contribution in [3.05, 3.63) is 47.5 Å². The zero-order chi connectivity index (χ0) is 20.7. The maximum absolute atomic E-state index is 12.7. The highest BCUT2D eigenvalue weighted by Crippen LogP contribution is 2.38. The van der Waals surface area contributed by atoms with Gasteiger partial charge in [0.15, 0.2) is 17.5 Å². The molecule has 7 nitrogen and oxygen atoms in total. The van der Waals surface area contributed by atoms with Gasteiger partial charge in [-0.15, -0.1) is 0 Å². The number of benzene rings is 2. The third-order valence-electron chi connectivity index (χ3n) is 4.12. The van der Waals surface area contributed by atoms with Gasteiger partial charge < -0.3 is 18.9 Å². The minimum atomic E-state index is -2.34. The van der Waals surface area contributed by atoms with E-state index in [1.807, 2.05) is 0 Å². The molecule has 0 saturated heterocycles. The van der Waals surface area contributed by atoms with E-state index in [2.05, 4.69) is 0 Å². The van der Waals surface area contributed by atoms with Gasteiger partial charge in [0.1, 0.15) is 23.0 Å². The second kappa shape index (κ2) is 9.85. The van der Waals surface area contributed by atoms with Crippen molar-refractivity contribution in [3.8, 4) is 23.0 Å². The molecule has 2 aromatic carbocycles. The molecule has 28 heavy (non-hydrogen) atoms. The first-order valence-electron chi connectivity index (χ1n) is 8.42. The Hall–Kier alpha value is -2.92. The van der Waals surface area contributed by atoms with Crippen molar-refractivity contribution < 1.29 is 33.1 Å². The maximum Gasteiger partial charge on any atom is 0.420 e. The zero-order valence-corrected chi connectivity index (χ0v) is 17.1. The predicted octanol–water partition coefficient (Wildman–Crippen LogP) is 3.96. The average Bonchev–Trinajstić information content (AvgIpc) is 2.75. The third kappa shape index (κ3) is 4.67. The smallest absolute Gasteiger partial charge is 0.420 e. The van der Waals surface area contributed by atoms with Crippen LogP contribution < -0.4 is 18.9 Å². The molecule has 2 rings (SSSR count). The van der Waals surface area contributed by atoms with E-state index >= 15 is 0 Å². The number of rotatable bonds is 10. The topological polar surface area (TPSA) is 88.1 Å². The standard InChI is InChI=1S/C20H22O7P/c1-24-13-8-9-14(18(12-13)27-4)15(21)10-11-28(23)20(22)19-16(25-2)6-5-7-17(19)26-3/h5-9,12H,10-11H2,1-4H3/q+1. The Balaban J connectivity index is 2.14. The summed E-state index contributed by atoms with van der Waals surface area (Å²) in [7, 11) is 3.45. The molecule has 8 heteroatoms. The molecule has 0 aliphatic heterocycles. The summed E-state index contributed by atoms with van der Waals surface area (Å²) < 4.78 is 33.2. The lowest BCUT2D eigenvalue weighted by Crippen LogP contribution is -2.07. The minimum absolute atomic E-state index is 0.0684. The van der Waals surface area contributed by atoms with Gasteiger partial charge in [-0.05, 0) is 24.3 Å². The number of ether oxygens (including phenoxy) is 4. The lowest BCUT2D eigenvalue weighted by molar-refractivity contribution is 0.0986. The summed E-state index contributed by atoms with van der Waals surface area (Å²) >= 11 is 0. The van der Waals surface area contributed by atoms with Crippen LogP contribution in [0.15, 0.2) is 36.4 Å². The van der Waals surface area contributed by atoms with Gasteiger partial charge in [-0.25, -0.2) is 4.79 Å². The van der Waals surface area contributed by atoms with Crippen molar-refractivity contribution in [2.24, 2.45) is 0 Å². The first-order chi connectivity index (χ1) is 13.5. The summed E-state index contributed by atoms with van der Waals surface area (Å²) in [6.45, 7) is 0. The second-order valence-electron chi connectivity index (χ2n) is 5.68. The van der Waals surface area contributed by atoms with Crippen LogP contribution in [-0.2, 0) is 4.57 Å². The molecule has 0 amide bonds. The highest BCUT2D eigenvalue weighted by atomic mass is 31.1. The average molecular weight is 405 g/mol. The Morgan fingerprint density at radius 2 is 1.46 bits per heavy atom. The first-order valence-corrected chi connectivity index (χ1v) is 9.86. The molecule has 0 aliphatic rings. The quantitative estimate of drug-likeness (QED) is 0.437. The largest absolute Gasteiger partial charge is 0.497 e. The predicted molar refractivity (Wildman–Crippen MR) is 105 cm³/mol. The fourth-order valence-electron chi connectivity index (χ4n) is 2.65. The molecule has 2 aromatic rings. The monoisotopic (exact) mass is 405 g/mol. The lowest BCUT2D eigenvalue weighted by Gasteiger charge is -2.09. The van der Waals surface area contributed by atoms with E-state index in [9.17, 15) is 14.2 Å². The van der Waals surface area contributed by atoms with Gasteiger partial charge in [0.25, 0.3) is 0 Å². The van der Waals surface area contributed by atoms with E-state index in [0.29, 0.717) is 17.1 Å². The summed E-state index contributed by atoms with van der Waals surface area (Å²) in [6, 6.07) is 9.66.